The lowest BCUT2D eigenvalue weighted by Gasteiger charge is -2.17. The highest BCUT2D eigenvalue weighted by Gasteiger charge is 2.21. The minimum atomic E-state index is -3.56. The summed E-state index contributed by atoms with van der Waals surface area (Å²) in [6.07, 6.45) is 2.00. The molecule has 0 bridgehead atoms. The fourth-order valence-electron chi connectivity index (χ4n) is 1.90. The number of aryl methyl sites for hydroxylation is 1. The topological polar surface area (TPSA) is 63.7 Å². The average Bonchev–Trinajstić information content (AvgIpc) is 2.46. The van der Waals surface area contributed by atoms with Gasteiger partial charge in [0.15, 0.2) is 0 Å². The number of hydrogen-bond acceptors (Lipinski definition) is 4. The molecule has 6 heteroatoms. The van der Waals surface area contributed by atoms with E-state index < -0.39 is 16.0 Å². The first-order valence-corrected chi connectivity index (χ1v) is 8.56. The predicted molar refractivity (Wildman–Crippen MR) is 81.5 cm³/mol. The van der Waals surface area contributed by atoms with Gasteiger partial charge in [0.1, 0.15) is 0 Å². The Hall–Kier alpha value is -1.40. The van der Waals surface area contributed by atoms with Gasteiger partial charge >= 0.3 is 5.97 Å². The summed E-state index contributed by atoms with van der Waals surface area (Å²) in [4.78, 5) is 11.5. The molecule has 0 fully saturated rings. The molecule has 1 rings (SSSR count). The maximum atomic E-state index is 12.3. The SMILES string of the molecule is CCCc1ccc(S(=O)(=O)N(C)CCC(=O)OCC)cc1. The number of nitrogens with zero attached hydrogens (tertiary/aromatic N) is 1. The second-order valence-electron chi connectivity index (χ2n) is 4.78. The van der Waals surface area contributed by atoms with Gasteiger partial charge in [0.2, 0.25) is 10.0 Å². The van der Waals surface area contributed by atoms with Crippen LogP contribution in [0.2, 0.25) is 0 Å². The second kappa shape index (κ2) is 8.14. The van der Waals surface area contributed by atoms with Gasteiger partial charge < -0.3 is 4.74 Å². The van der Waals surface area contributed by atoms with Gasteiger partial charge in [-0.15, -0.1) is 0 Å². The molecule has 0 atom stereocenters. The Labute approximate surface area is 127 Å². The molecule has 0 spiro atoms. The summed E-state index contributed by atoms with van der Waals surface area (Å²) in [5, 5.41) is 0. The maximum Gasteiger partial charge on any atom is 0.307 e. The van der Waals surface area contributed by atoms with Crippen LogP contribution >= 0.6 is 0 Å². The number of rotatable bonds is 8. The molecule has 5 nitrogen and oxygen atoms in total. The molecule has 118 valence electrons. The van der Waals surface area contributed by atoms with Crippen molar-refractivity contribution in [3.05, 3.63) is 29.8 Å². The van der Waals surface area contributed by atoms with Gasteiger partial charge in [-0.05, 0) is 31.0 Å². The van der Waals surface area contributed by atoms with Gasteiger partial charge in [-0.1, -0.05) is 25.5 Å². The molecule has 1 aromatic carbocycles. The fraction of sp³-hybridized carbons (Fsp3) is 0.533. The quantitative estimate of drug-likeness (QED) is 0.690. The normalized spacial score (nSPS) is 11.6. The Bertz CT molecular complexity index is 552. The van der Waals surface area contributed by atoms with E-state index in [0.29, 0.717) is 6.61 Å². The maximum absolute atomic E-state index is 12.3. The third-order valence-corrected chi connectivity index (χ3v) is 4.98. The van der Waals surface area contributed by atoms with Gasteiger partial charge in [-0.25, -0.2) is 12.7 Å². The average molecular weight is 313 g/mol. The van der Waals surface area contributed by atoms with E-state index in [2.05, 4.69) is 6.92 Å². The van der Waals surface area contributed by atoms with Crippen LogP contribution in [0.4, 0.5) is 0 Å². The van der Waals surface area contributed by atoms with E-state index in [-0.39, 0.29) is 17.9 Å². The van der Waals surface area contributed by atoms with Gasteiger partial charge in [0.25, 0.3) is 0 Å². The molecule has 0 amide bonds. The Balaban J connectivity index is 2.72. The molecule has 0 aliphatic carbocycles. The Morgan fingerprint density at radius 1 is 1.19 bits per heavy atom. The summed E-state index contributed by atoms with van der Waals surface area (Å²) < 4.78 is 30.7. The molecule has 0 aromatic heterocycles. The van der Waals surface area contributed by atoms with Crippen LogP contribution in [0.5, 0.6) is 0 Å². The Kier molecular flexibility index (Phi) is 6.84. The monoisotopic (exact) mass is 313 g/mol. The minimum absolute atomic E-state index is 0.0531. The van der Waals surface area contributed by atoms with Gasteiger partial charge in [0.05, 0.1) is 17.9 Å². The zero-order valence-corrected chi connectivity index (χ0v) is 13.6. The number of ether oxygens (including phenoxy) is 1. The summed E-state index contributed by atoms with van der Waals surface area (Å²) in [5.74, 6) is -0.391. The second-order valence-corrected chi connectivity index (χ2v) is 6.82. The Morgan fingerprint density at radius 2 is 1.81 bits per heavy atom. The van der Waals surface area contributed by atoms with E-state index >= 15 is 0 Å². The van der Waals surface area contributed by atoms with Crippen molar-refractivity contribution in [1.82, 2.24) is 4.31 Å². The van der Waals surface area contributed by atoms with Gasteiger partial charge in [0, 0.05) is 13.6 Å². The van der Waals surface area contributed by atoms with E-state index in [1.165, 1.54) is 11.4 Å². The molecule has 0 heterocycles. The first-order valence-electron chi connectivity index (χ1n) is 7.12. The van der Waals surface area contributed by atoms with E-state index in [1.54, 1.807) is 19.1 Å². The van der Waals surface area contributed by atoms with Crippen LogP contribution in [-0.4, -0.2) is 38.9 Å². The number of benzene rings is 1. The van der Waals surface area contributed by atoms with Crippen molar-refractivity contribution in [3.8, 4) is 0 Å². The molecule has 0 N–H and O–H groups in total. The van der Waals surface area contributed by atoms with Gasteiger partial charge in [-0.3, -0.25) is 4.79 Å². The molecular formula is C15H23NO4S. The lowest BCUT2D eigenvalue weighted by atomic mass is 10.1. The van der Waals surface area contributed by atoms with E-state index in [4.69, 9.17) is 4.74 Å². The van der Waals surface area contributed by atoms with Crippen molar-refractivity contribution in [3.63, 3.8) is 0 Å². The highest BCUT2D eigenvalue weighted by atomic mass is 32.2. The number of sulfonamides is 1. The molecular weight excluding hydrogens is 290 g/mol. The summed E-state index contributed by atoms with van der Waals surface area (Å²) in [6.45, 7) is 4.20. The summed E-state index contributed by atoms with van der Waals surface area (Å²) in [6, 6.07) is 6.88. The van der Waals surface area contributed by atoms with Crippen molar-refractivity contribution in [1.29, 1.82) is 0 Å². The third-order valence-electron chi connectivity index (χ3n) is 3.11. The summed E-state index contributed by atoms with van der Waals surface area (Å²) in [5.41, 5.74) is 1.12. The van der Waals surface area contributed by atoms with Crippen LogP contribution in [0.1, 0.15) is 32.3 Å². The molecule has 0 unspecified atom stereocenters. The van der Waals surface area contributed by atoms with Crippen LogP contribution in [0.25, 0.3) is 0 Å². The van der Waals surface area contributed by atoms with Gasteiger partial charge in [-0.2, -0.15) is 0 Å². The van der Waals surface area contributed by atoms with E-state index in [1.807, 2.05) is 12.1 Å². The standard InChI is InChI=1S/C15H23NO4S/c1-4-6-13-7-9-14(10-8-13)21(18,19)16(3)12-11-15(17)20-5-2/h7-10H,4-6,11-12H2,1-3H3. The van der Waals surface area contributed by atoms with Crippen molar-refractivity contribution in [2.45, 2.75) is 38.0 Å². The van der Waals surface area contributed by atoms with Crippen LogP contribution in [0.3, 0.4) is 0 Å². The van der Waals surface area contributed by atoms with Crippen molar-refractivity contribution in [2.24, 2.45) is 0 Å². The van der Waals surface area contributed by atoms with E-state index in [9.17, 15) is 13.2 Å². The van der Waals surface area contributed by atoms with Crippen molar-refractivity contribution in [2.75, 3.05) is 20.2 Å². The van der Waals surface area contributed by atoms with Crippen LogP contribution in [0, 0.1) is 0 Å². The minimum Gasteiger partial charge on any atom is -0.466 e. The molecule has 0 saturated heterocycles. The predicted octanol–water partition coefficient (Wildman–Crippen LogP) is 2.21. The first kappa shape index (κ1) is 17.7. The van der Waals surface area contributed by atoms with Crippen LogP contribution < -0.4 is 0 Å². The van der Waals surface area contributed by atoms with Crippen LogP contribution in [0.15, 0.2) is 29.2 Å². The van der Waals surface area contributed by atoms with E-state index in [0.717, 1.165) is 18.4 Å². The first-order chi connectivity index (χ1) is 9.91. The van der Waals surface area contributed by atoms with Crippen LogP contribution in [-0.2, 0) is 26.0 Å². The lowest BCUT2D eigenvalue weighted by Crippen LogP contribution is -2.29. The summed E-state index contributed by atoms with van der Waals surface area (Å²) >= 11 is 0. The highest BCUT2D eigenvalue weighted by Crippen LogP contribution is 2.16. The molecule has 0 aliphatic rings. The largest absolute Gasteiger partial charge is 0.466 e. The highest BCUT2D eigenvalue weighted by molar-refractivity contribution is 7.89. The number of esters is 1. The summed E-state index contributed by atoms with van der Waals surface area (Å²) in [7, 11) is -2.09. The molecule has 21 heavy (non-hydrogen) atoms. The zero-order valence-electron chi connectivity index (χ0n) is 12.8. The molecule has 0 saturated carbocycles. The van der Waals surface area contributed by atoms with Crippen molar-refractivity contribution >= 4 is 16.0 Å². The number of carbonyl (C=O) groups is 1. The zero-order chi connectivity index (χ0) is 15.9. The molecule has 0 aliphatic heterocycles. The Morgan fingerprint density at radius 3 is 2.33 bits per heavy atom. The third kappa shape index (κ3) is 5.13. The van der Waals surface area contributed by atoms with Crippen molar-refractivity contribution < 1.29 is 17.9 Å². The fourth-order valence-corrected chi connectivity index (χ4v) is 3.07. The molecule has 0 radical (unpaired) electrons. The number of hydrogen-bond donors (Lipinski definition) is 0. The number of carbonyl (C=O) groups excluding carboxylic acids is 1. The lowest BCUT2D eigenvalue weighted by molar-refractivity contribution is -0.143. The molecule has 1 aromatic rings. The smallest absolute Gasteiger partial charge is 0.307 e.